The molecule has 0 bridgehead atoms. The van der Waals surface area contributed by atoms with E-state index in [2.05, 4.69) is 10.1 Å². The van der Waals surface area contributed by atoms with Gasteiger partial charge in [-0.15, -0.1) is 0 Å². The van der Waals surface area contributed by atoms with E-state index in [1.165, 1.54) is 0 Å². The van der Waals surface area contributed by atoms with Crippen LogP contribution in [0.15, 0.2) is 0 Å². The molecule has 0 saturated carbocycles. The van der Waals surface area contributed by atoms with Crippen molar-refractivity contribution in [2.75, 3.05) is 13.2 Å². The normalized spacial score (nSPS) is 12.4. The molecule has 0 atom stereocenters. The van der Waals surface area contributed by atoms with E-state index in [0.29, 0.717) is 0 Å². The van der Waals surface area contributed by atoms with Gasteiger partial charge >= 0.3 is 6.09 Å². The van der Waals surface area contributed by atoms with Gasteiger partial charge in [0.1, 0.15) is 0 Å². The van der Waals surface area contributed by atoms with E-state index in [0.717, 1.165) is 0 Å². The Balaban J connectivity index is 3.87. The maximum atomic E-state index is 12.5. The molecule has 0 heterocycles. The molecule has 0 aliphatic rings. The highest BCUT2D eigenvalue weighted by atomic mass is 19.3. The Hall–Kier alpha value is -0.910. The van der Waals surface area contributed by atoms with Crippen molar-refractivity contribution in [2.24, 2.45) is 5.73 Å². The number of carbonyl (C=O) groups is 1. The highest BCUT2D eigenvalue weighted by Gasteiger charge is 2.29. The zero-order valence-electron chi connectivity index (χ0n) is 8.56. The van der Waals surface area contributed by atoms with E-state index in [4.69, 9.17) is 5.73 Å². The molecule has 0 rings (SSSR count). The van der Waals surface area contributed by atoms with E-state index in [-0.39, 0.29) is 0 Å². The highest BCUT2D eigenvalue weighted by molar-refractivity contribution is 5.68. The van der Waals surface area contributed by atoms with Gasteiger partial charge in [0.25, 0.3) is 5.92 Å². The van der Waals surface area contributed by atoms with Crippen LogP contribution >= 0.6 is 0 Å². The van der Waals surface area contributed by atoms with E-state index >= 15 is 0 Å². The Labute approximate surface area is 81.8 Å². The van der Waals surface area contributed by atoms with Gasteiger partial charge < -0.3 is 15.8 Å². The Bertz CT molecular complexity index is 202. The molecule has 0 aromatic carbocycles. The summed E-state index contributed by atoms with van der Waals surface area (Å²) in [5.74, 6) is -3.16. The van der Waals surface area contributed by atoms with Crippen molar-refractivity contribution >= 4 is 6.09 Å². The van der Waals surface area contributed by atoms with Crippen LogP contribution < -0.4 is 11.1 Å². The van der Waals surface area contributed by atoms with Crippen LogP contribution in [0.3, 0.4) is 0 Å². The minimum Gasteiger partial charge on any atom is -0.443 e. The first-order valence-corrected chi connectivity index (χ1v) is 4.19. The van der Waals surface area contributed by atoms with Crippen LogP contribution in [0.4, 0.5) is 13.6 Å². The SMILES string of the molecule is CC(C)(C)NC(=O)OCC(F)(F)CN. The monoisotopic (exact) mass is 210 g/mol. The molecule has 0 spiro atoms. The molecule has 84 valence electrons. The first-order chi connectivity index (χ1) is 6.16. The van der Waals surface area contributed by atoms with Crippen LogP contribution in [0.5, 0.6) is 0 Å². The van der Waals surface area contributed by atoms with Gasteiger partial charge in [0, 0.05) is 5.54 Å². The zero-order chi connectivity index (χ0) is 11.4. The van der Waals surface area contributed by atoms with Crippen molar-refractivity contribution in [2.45, 2.75) is 32.2 Å². The molecular formula is C8H16F2N2O2. The van der Waals surface area contributed by atoms with Gasteiger partial charge in [-0.3, -0.25) is 0 Å². The summed E-state index contributed by atoms with van der Waals surface area (Å²) in [5, 5.41) is 2.38. The number of alkyl halides is 2. The van der Waals surface area contributed by atoms with Crippen molar-refractivity contribution in [1.82, 2.24) is 5.32 Å². The summed E-state index contributed by atoms with van der Waals surface area (Å²) in [6, 6.07) is 0. The van der Waals surface area contributed by atoms with Gasteiger partial charge in [-0.2, -0.15) is 0 Å². The zero-order valence-corrected chi connectivity index (χ0v) is 8.56. The molecule has 14 heavy (non-hydrogen) atoms. The molecule has 0 radical (unpaired) electrons. The minimum atomic E-state index is -3.16. The summed E-state index contributed by atoms with van der Waals surface area (Å²) in [5.41, 5.74) is 4.25. The maximum absolute atomic E-state index is 12.5. The molecule has 3 N–H and O–H groups in total. The van der Waals surface area contributed by atoms with Crippen LogP contribution in [-0.4, -0.2) is 30.7 Å². The van der Waals surface area contributed by atoms with Gasteiger partial charge in [-0.1, -0.05) is 0 Å². The predicted octanol–water partition coefficient (Wildman–Crippen LogP) is 1.11. The topological polar surface area (TPSA) is 64.3 Å². The number of carbonyl (C=O) groups excluding carboxylic acids is 1. The van der Waals surface area contributed by atoms with E-state index < -0.39 is 30.7 Å². The predicted molar refractivity (Wildman–Crippen MR) is 48.2 cm³/mol. The molecule has 4 nitrogen and oxygen atoms in total. The number of hydrogen-bond acceptors (Lipinski definition) is 3. The van der Waals surface area contributed by atoms with Crippen molar-refractivity contribution in [3.05, 3.63) is 0 Å². The fourth-order valence-corrected chi connectivity index (χ4v) is 0.572. The molecule has 0 unspecified atom stereocenters. The second kappa shape index (κ2) is 4.54. The fourth-order valence-electron chi connectivity index (χ4n) is 0.572. The third kappa shape index (κ3) is 6.59. The fraction of sp³-hybridized carbons (Fsp3) is 0.875. The van der Waals surface area contributed by atoms with Gasteiger partial charge in [-0.25, -0.2) is 13.6 Å². The molecule has 0 aromatic heterocycles. The Morgan fingerprint density at radius 2 is 1.93 bits per heavy atom. The first kappa shape index (κ1) is 13.1. The van der Waals surface area contributed by atoms with Crippen molar-refractivity contribution in [1.29, 1.82) is 0 Å². The quantitative estimate of drug-likeness (QED) is 0.733. The summed E-state index contributed by atoms with van der Waals surface area (Å²) >= 11 is 0. The molecule has 1 amide bonds. The third-order valence-electron chi connectivity index (χ3n) is 1.19. The van der Waals surface area contributed by atoms with Gasteiger partial charge in [0.15, 0.2) is 6.61 Å². The van der Waals surface area contributed by atoms with Crippen LogP contribution in [0.2, 0.25) is 0 Å². The molecular weight excluding hydrogens is 194 g/mol. The summed E-state index contributed by atoms with van der Waals surface area (Å²) in [7, 11) is 0. The number of ether oxygens (including phenoxy) is 1. The standard InChI is InChI=1S/C8H16F2N2O2/c1-7(2,3)12-6(13)14-5-8(9,10)4-11/h4-5,11H2,1-3H3,(H,12,13). The first-order valence-electron chi connectivity index (χ1n) is 4.19. The largest absolute Gasteiger partial charge is 0.443 e. The summed E-state index contributed by atoms with van der Waals surface area (Å²) in [4.78, 5) is 10.9. The molecule has 0 fully saturated rings. The van der Waals surface area contributed by atoms with E-state index in [9.17, 15) is 13.6 Å². The second-order valence-electron chi connectivity index (χ2n) is 4.01. The maximum Gasteiger partial charge on any atom is 0.407 e. The highest BCUT2D eigenvalue weighted by Crippen LogP contribution is 2.11. The summed E-state index contributed by atoms with van der Waals surface area (Å²) in [6.07, 6.45) is -0.870. The van der Waals surface area contributed by atoms with E-state index in [1.807, 2.05) is 0 Å². The minimum absolute atomic E-state index is 0.505. The van der Waals surface area contributed by atoms with Gasteiger partial charge in [-0.05, 0) is 20.8 Å². The Morgan fingerprint density at radius 1 is 1.43 bits per heavy atom. The number of hydrogen-bond donors (Lipinski definition) is 2. The molecule has 0 saturated heterocycles. The lowest BCUT2D eigenvalue weighted by Gasteiger charge is -2.21. The molecule has 0 aliphatic carbocycles. The van der Waals surface area contributed by atoms with Crippen molar-refractivity contribution in [3.8, 4) is 0 Å². The van der Waals surface area contributed by atoms with Crippen LogP contribution in [0.1, 0.15) is 20.8 Å². The number of halogens is 2. The van der Waals surface area contributed by atoms with Crippen LogP contribution in [0.25, 0.3) is 0 Å². The Morgan fingerprint density at radius 3 is 2.29 bits per heavy atom. The number of nitrogens with two attached hydrogens (primary N) is 1. The molecule has 6 heteroatoms. The number of nitrogens with one attached hydrogen (secondary N) is 1. The summed E-state index contributed by atoms with van der Waals surface area (Å²) < 4.78 is 29.3. The second-order valence-corrected chi connectivity index (χ2v) is 4.01. The number of amides is 1. The molecule has 0 aliphatic heterocycles. The average Bonchev–Trinajstić information content (AvgIpc) is 1.98. The third-order valence-corrected chi connectivity index (χ3v) is 1.19. The van der Waals surface area contributed by atoms with Gasteiger partial charge in [0.2, 0.25) is 0 Å². The van der Waals surface area contributed by atoms with Gasteiger partial charge in [0.05, 0.1) is 6.54 Å². The number of alkyl carbamates (subject to hydrolysis) is 1. The van der Waals surface area contributed by atoms with E-state index in [1.54, 1.807) is 20.8 Å². The Kier molecular flexibility index (Phi) is 4.25. The lowest BCUT2D eigenvalue weighted by Crippen LogP contribution is -2.43. The molecule has 0 aromatic rings. The lowest BCUT2D eigenvalue weighted by atomic mass is 10.1. The summed E-state index contributed by atoms with van der Waals surface area (Å²) in [6.45, 7) is 3.32. The average molecular weight is 210 g/mol. The van der Waals surface area contributed by atoms with Crippen molar-refractivity contribution < 1.29 is 18.3 Å². The number of rotatable bonds is 3. The van der Waals surface area contributed by atoms with Crippen LogP contribution in [0, 0.1) is 0 Å². The van der Waals surface area contributed by atoms with Crippen LogP contribution in [-0.2, 0) is 4.74 Å². The lowest BCUT2D eigenvalue weighted by molar-refractivity contribution is -0.0472. The van der Waals surface area contributed by atoms with Crippen molar-refractivity contribution in [3.63, 3.8) is 0 Å². The smallest absolute Gasteiger partial charge is 0.407 e.